The average molecular weight is 331 g/mol. The van der Waals surface area contributed by atoms with Gasteiger partial charge in [0.2, 0.25) is 0 Å². The van der Waals surface area contributed by atoms with Gasteiger partial charge in [-0.1, -0.05) is 37.8 Å². The number of nitrogens with zero attached hydrogens (tertiary/aromatic N) is 1. The molecule has 130 valence electrons. The lowest BCUT2D eigenvalue weighted by Crippen LogP contribution is -2.13. The van der Waals surface area contributed by atoms with Crippen molar-refractivity contribution in [2.75, 3.05) is 0 Å². The fourth-order valence-corrected chi connectivity index (χ4v) is 3.77. The smallest absolute Gasteiger partial charge is 0.141 e. The van der Waals surface area contributed by atoms with E-state index in [0.717, 1.165) is 37.2 Å². The van der Waals surface area contributed by atoms with Gasteiger partial charge in [0.05, 0.1) is 11.9 Å². The van der Waals surface area contributed by atoms with Gasteiger partial charge >= 0.3 is 0 Å². The number of benzene rings is 1. The molecule has 0 heterocycles. The summed E-state index contributed by atoms with van der Waals surface area (Å²) in [4.78, 5) is 0. The summed E-state index contributed by atoms with van der Waals surface area (Å²) >= 11 is 0. The molecule has 1 fully saturated rings. The molecule has 0 aromatic heterocycles. The molecule has 0 aliphatic heterocycles. The van der Waals surface area contributed by atoms with Crippen LogP contribution in [0.5, 0.6) is 0 Å². The molecule has 24 heavy (non-hydrogen) atoms. The normalized spacial score (nSPS) is 21.0. The van der Waals surface area contributed by atoms with Crippen LogP contribution >= 0.6 is 0 Å². The Labute approximate surface area is 144 Å². The third-order valence-corrected chi connectivity index (χ3v) is 5.25. The maximum Gasteiger partial charge on any atom is 0.141 e. The fraction of sp³-hybridized carbons (Fsp3) is 0.571. The molecular weight excluding hydrogens is 304 g/mol. The third-order valence-electron chi connectivity index (χ3n) is 5.25. The van der Waals surface area contributed by atoms with Crippen molar-refractivity contribution >= 4 is 0 Å². The number of halogens is 2. The van der Waals surface area contributed by atoms with Crippen molar-refractivity contribution in [2.24, 2.45) is 5.92 Å². The van der Waals surface area contributed by atoms with Gasteiger partial charge in [-0.05, 0) is 68.1 Å². The van der Waals surface area contributed by atoms with Gasteiger partial charge in [-0.2, -0.15) is 5.26 Å². The van der Waals surface area contributed by atoms with Crippen molar-refractivity contribution in [1.82, 2.24) is 0 Å². The van der Waals surface area contributed by atoms with Gasteiger partial charge in [-0.3, -0.25) is 0 Å². The Morgan fingerprint density at radius 1 is 1.08 bits per heavy atom. The van der Waals surface area contributed by atoms with Crippen molar-refractivity contribution in [3.63, 3.8) is 0 Å². The van der Waals surface area contributed by atoms with Gasteiger partial charge in [0.25, 0.3) is 0 Å². The van der Waals surface area contributed by atoms with Crippen molar-refractivity contribution in [1.29, 1.82) is 5.26 Å². The van der Waals surface area contributed by atoms with Crippen LogP contribution in [-0.4, -0.2) is 0 Å². The Balaban J connectivity index is 1.66. The molecule has 0 spiro atoms. The summed E-state index contributed by atoms with van der Waals surface area (Å²) in [7, 11) is 0. The second kappa shape index (κ2) is 10.2. The highest BCUT2D eigenvalue weighted by atomic mass is 19.1. The highest BCUT2D eigenvalue weighted by Gasteiger charge is 2.22. The van der Waals surface area contributed by atoms with Crippen LogP contribution in [0.2, 0.25) is 0 Å². The van der Waals surface area contributed by atoms with Crippen molar-refractivity contribution < 1.29 is 8.78 Å². The van der Waals surface area contributed by atoms with Gasteiger partial charge < -0.3 is 0 Å². The first-order valence-corrected chi connectivity index (χ1v) is 9.19. The zero-order chi connectivity index (χ0) is 17.2. The van der Waals surface area contributed by atoms with Gasteiger partial charge in [-0.15, -0.1) is 0 Å². The summed E-state index contributed by atoms with van der Waals surface area (Å²) in [6.45, 7) is 0. The van der Waals surface area contributed by atoms with E-state index in [1.165, 1.54) is 38.5 Å². The molecule has 0 radical (unpaired) electrons. The van der Waals surface area contributed by atoms with Crippen molar-refractivity contribution in [3.8, 4) is 6.07 Å². The van der Waals surface area contributed by atoms with E-state index in [4.69, 9.17) is 5.26 Å². The molecule has 1 saturated carbocycles. The largest absolute Gasteiger partial charge is 0.216 e. The van der Waals surface area contributed by atoms with E-state index in [1.54, 1.807) is 18.2 Å². The van der Waals surface area contributed by atoms with Gasteiger partial charge in [0, 0.05) is 0 Å². The molecule has 2 rings (SSSR count). The molecule has 0 N–H and O–H groups in total. The van der Waals surface area contributed by atoms with E-state index in [1.807, 2.05) is 12.1 Å². The minimum atomic E-state index is -0.389. The lowest BCUT2D eigenvalue weighted by atomic mass is 9.77. The van der Waals surface area contributed by atoms with Gasteiger partial charge in [-0.25, -0.2) is 8.78 Å². The topological polar surface area (TPSA) is 23.8 Å². The number of hydrogen-bond acceptors (Lipinski definition) is 1. The Kier molecular flexibility index (Phi) is 7.95. The second-order valence-corrected chi connectivity index (χ2v) is 6.92. The predicted octanol–water partition coefficient (Wildman–Crippen LogP) is 6.79. The van der Waals surface area contributed by atoms with Crippen LogP contribution in [0.3, 0.4) is 0 Å². The molecule has 1 aromatic rings. The molecule has 1 aliphatic carbocycles. The summed E-state index contributed by atoms with van der Waals surface area (Å²) in [5.41, 5.74) is 1.18. The second-order valence-electron chi connectivity index (χ2n) is 6.92. The fourth-order valence-electron chi connectivity index (χ4n) is 3.77. The average Bonchev–Trinajstić information content (AvgIpc) is 2.61. The standard InChI is InChI=1S/C21H27F2N/c22-14-6-4-2-1-3-5-7-17-8-10-18(11-9-17)19-12-13-20(16-24)21(23)15-19/h6,12-15,17-18H,1-5,7-11H2. The molecule has 0 saturated heterocycles. The van der Waals surface area contributed by atoms with E-state index in [0.29, 0.717) is 12.2 Å². The Bertz CT molecular complexity index is 566. The Hall–Kier alpha value is -1.69. The van der Waals surface area contributed by atoms with E-state index in [2.05, 4.69) is 0 Å². The minimum Gasteiger partial charge on any atom is -0.216 e. The van der Waals surface area contributed by atoms with Crippen LogP contribution in [0.15, 0.2) is 30.6 Å². The molecular formula is C21H27F2N. The number of hydrogen-bond donors (Lipinski definition) is 0. The molecule has 0 atom stereocenters. The first-order chi connectivity index (χ1) is 11.7. The molecule has 0 bridgehead atoms. The lowest BCUT2D eigenvalue weighted by molar-refractivity contribution is 0.301. The first-order valence-electron chi connectivity index (χ1n) is 9.19. The zero-order valence-corrected chi connectivity index (χ0v) is 14.3. The van der Waals surface area contributed by atoms with Crippen LogP contribution in [0, 0.1) is 23.1 Å². The minimum absolute atomic E-state index is 0.134. The summed E-state index contributed by atoms with van der Waals surface area (Å²) < 4.78 is 25.6. The maximum atomic E-state index is 13.8. The molecule has 1 aromatic carbocycles. The molecule has 1 nitrogen and oxygen atoms in total. The van der Waals surface area contributed by atoms with Crippen LogP contribution < -0.4 is 0 Å². The molecule has 0 amide bonds. The van der Waals surface area contributed by atoms with E-state index in [-0.39, 0.29) is 11.4 Å². The molecule has 3 heteroatoms. The van der Waals surface area contributed by atoms with E-state index in [9.17, 15) is 8.78 Å². The number of nitriles is 1. The number of unbranched alkanes of at least 4 members (excludes halogenated alkanes) is 4. The van der Waals surface area contributed by atoms with E-state index >= 15 is 0 Å². The third kappa shape index (κ3) is 5.74. The summed E-state index contributed by atoms with van der Waals surface area (Å²) in [6, 6.07) is 6.95. The highest BCUT2D eigenvalue weighted by Crippen LogP contribution is 2.38. The summed E-state index contributed by atoms with van der Waals surface area (Å²) in [5.74, 6) is 0.853. The van der Waals surface area contributed by atoms with Gasteiger partial charge in [0.1, 0.15) is 11.9 Å². The summed E-state index contributed by atoms with van der Waals surface area (Å²) in [6.07, 6.45) is 13.8. The quantitative estimate of drug-likeness (QED) is 0.481. The van der Waals surface area contributed by atoms with Crippen LogP contribution in [0.25, 0.3) is 0 Å². The van der Waals surface area contributed by atoms with Crippen LogP contribution in [0.4, 0.5) is 8.78 Å². The lowest BCUT2D eigenvalue weighted by Gasteiger charge is -2.29. The predicted molar refractivity (Wildman–Crippen MR) is 93.8 cm³/mol. The highest BCUT2D eigenvalue weighted by molar-refractivity contribution is 5.34. The Morgan fingerprint density at radius 2 is 1.83 bits per heavy atom. The zero-order valence-electron chi connectivity index (χ0n) is 14.3. The monoisotopic (exact) mass is 331 g/mol. The van der Waals surface area contributed by atoms with Crippen LogP contribution in [-0.2, 0) is 0 Å². The van der Waals surface area contributed by atoms with Gasteiger partial charge in [0.15, 0.2) is 0 Å². The Morgan fingerprint density at radius 3 is 2.50 bits per heavy atom. The maximum absolute atomic E-state index is 13.8. The number of rotatable bonds is 8. The first kappa shape index (κ1) is 18.6. The molecule has 1 aliphatic rings. The summed E-state index contributed by atoms with van der Waals surface area (Å²) in [5, 5.41) is 8.81. The molecule has 0 unspecified atom stereocenters. The number of allylic oxidation sites excluding steroid dienone is 1. The SMILES string of the molecule is N#Cc1ccc(C2CCC(CCCCCCC=CF)CC2)cc1F. The van der Waals surface area contributed by atoms with Crippen LogP contribution in [0.1, 0.15) is 81.3 Å². The van der Waals surface area contributed by atoms with E-state index < -0.39 is 0 Å². The van der Waals surface area contributed by atoms with Crippen molar-refractivity contribution in [3.05, 3.63) is 47.5 Å². The van der Waals surface area contributed by atoms with Crippen molar-refractivity contribution in [2.45, 2.75) is 70.1 Å².